The van der Waals surface area contributed by atoms with Gasteiger partial charge in [0.05, 0.1) is 12.1 Å². The van der Waals surface area contributed by atoms with E-state index in [4.69, 9.17) is 5.73 Å². The zero-order valence-electron chi connectivity index (χ0n) is 33.0. The van der Waals surface area contributed by atoms with Gasteiger partial charge in [-0.2, -0.15) is 0 Å². The summed E-state index contributed by atoms with van der Waals surface area (Å²) >= 11 is 0. The maximum absolute atomic E-state index is 16.0. The minimum absolute atomic E-state index is 0.0115. The van der Waals surface area contributed by atoms with Crippen LogP contribution in [-0.4, -0.2) is 39.0 Å². The number of rotatable bonds is 14. The highest BCUT2D eigenvalue weighted by atomic mass is 16.3. The van der Waals surface area contributed by atoms with Gasteiger partial charge in [0.1, 0.15) is 16.6 Å². The molecule has 282 valence electrons. The molecule has 0 heterocycles. The smallest absolute Gasteiger partial charge is 0.239 e. The zero-order valence-corrected chi connectivity index (χ0v) is 33.0. The fourth-order valence-electron chi connectivity index (χ4n) is 8.49. The number of aliphatic hydroxyl groups is 2. The van der Waals surface area contributed by atoms with Gasteiger partial charge in [-0.3, -0.25) is 9.59 Å². The summed E-state index contributed by atoms with van der Waals surface area (Å²) in [5, 5.41) is 27.6. The molecule has 6 nitrogen and oxygen atoms in total. The maximum atomic E-state index is 16.0. The van der Waals surface area contributed by atoms with Gasteiger partial charge in [-0.1, -0.05) is 160 Å². The first-order valence-corrected chi connectivity index (χ1v) is 19.4. The van der Waals surface area contributed by atoms with Gasteiger partial charge < -0.3 is 20.8 Å². The van der Waals surface area contributed by atoms with Crippen molar-refractivity contribution in [2.24, 2.45) is 23.0 Å². The molecule has 4 N–H and O–H groups in total. The standard InChI is InChI=1S/C47H60N2O4/c1-31(2)29-41(46(52,37-19-11-33(5)12-20-37)38-21-13-34(6)14-22-38)49(44(51)45(43(48)50)27-9-10-28-45)42(30-32(3)4)47(53,39-23-15-35(7)16-24-39)40-25-17-36(8)18-26-40/h11-26,31-32,41-42,52-53H,9-10,27-30H2,1-8H3,(H2,48,50)/t41-,42-/m1/s1. The molecule has 1 fully saturated rings. The lowest BCUT2D eigenvalue weighted by Gasteiger charge is -2.53. The number of hydrogen-bond donors (Lipinski definition) is 3. The molecular formula is C47H60N2O4. The summed E-state index contributed by atoms with van der Waals surface area (Å²) < 4.78 is 0. The Morgan fingerprint density at radius 2 is 0.849 bits per heavy atom. The van der Waals surface area contributed by atoms with E-state index in [0.29, 0.717) is 60.8 Å². The van der Waals surface area contributed by atoms with Crippen LogP contribution in [0.3, 0.4) is 0 Å². The summed E-state index contributed by atoms with van der Waals surface area (Å²) in [5.41, 5.74) is 8.02. The Labute approximate surface area is 317 Å². The fourth-order valence-corrected chi connectivity index (χ4v) is 8.49. The van der Waals surface area contributed by atoms with Crippen LogP contribution in [0.1, 0.15) is 111 Å². The molecule has 5 rings (SSSR count). The Morgan fingerprint density at radius 1 is 0.585 bits per heavy atom. The Kier molecular flexibility index (Phi) is 12.1. The predicted molar refractivity (Wildman–Crippen MR) is 214 cm³/mol. The van der Waals surface area contributed by atoms with E-state index < -0.39 is 40.5 Å². The van der Waals surface area contributed by atoms with Gasteiger partial charge in [-0.15, -0.1) is 0 Å². The van der Waals surface area contributed by atoms with Crippen molar-refractivity contribution in [2.45, 2.75) is 117 Å². The molecule has 1 saturated carbocycles. The van der Waals surface area contributed by atoms with E-state index in [-0.39, 0.29) is 11.8 Å². The van der Waals surface area contributed by atoms with E-state index >= 15 is 4.79 Å². The molecule has 6 heteroatoms. The second-order valence-electron chi connectivity index (χ2n) is 16.7. The Bertz CT molecular complexity index is 1630. The van der Waals surface area contributed by atoms with Gasteiger partial charge >= 0.3 is 0 Å². The van der Waals surface area contributed by atoms with Crippen molar-refractivity contribution in [1.29, 1.82) is 0 Å². The summed E-state index contributed by atoms with van der Waals surface area (Å²) in [4.78, 5) is 31.5. The number of carbonyl (C=O) groups excluding carboxylic acids is 2. The van der Waals surface area contributed by atoms with Crippen molar-refractivity contribution in [1.82, 2.24) is 4.90 Å². The van der Waals surface area contributed by atoms with Crippen LogP contribution in [0.25, 0.3) is 0 Å². The van der Waals surface area contributed by atoms with Crippen molar-refractivity contribution in [2.75, 3.05) is 0 Å². The van der Waals surface area contributed by atoms with E-state index in [1.165, 1.54) is 0 Å². The highest BCUT2D eigenvalue weighted by Gasteiger charge is 2.58. The number of nitrogens with zero attached hydrogens (tertiary/aromatic N) is 1. The molecule has 0 spiro atoms. The van der Waals surface area contributed by atoms with Crippen LogP contribution in [0.4, 0.5) is 0 Å². The van der Waals surface area contributed by atoms with Gasteiger partial charge in [-0.05, 0) is 87.5 Å². The molecule has 1 aliphatic carbocycles. The lowest BCUT2D eigenvalue weighted by Crippen LogP contribution is -2.66. The van der Waals surface area contributed by atoms with Crippen LogP contribution in [0.15, 0.2) is 97.1 Å². The number of aryl methyl sites for hydroxylation is 4. The summed E-state index contributed by atoms with van der Waals surface area (Å²) in [5.74, 6) is -1.05. The lowest BCUT2D eigenvalue weighted by atomic mass is 9.70. The molecule has 0 saturated heterocycles. The van der Waals surface area contributed by atoms with Gasteiger partial charge in [-0.25, -0.2) is 0 Å². The van der Waals surface area contributed by atoms with Crippen molar-refractivity contribution in [3.63, 3.8) is 0 Å². The average Bonchev–Trinajstić information content (AvgIpc) is 3.63. The molecule has 0 aromatic heterocycles. The Hall–Kier alpha value is -4.26. The second-order valence-corrected chi connectivity index (χ2v) is 16.7. The van der Waals surface area contributed by atoms with E-state index in [2.05, 4.69) is 27.7 Å². The number of nitrogens with two attached hydrogens (primary N) is 1. The van der Waals surface area contributed by atoms with E-state index in [0.717, 1.165) is 22.3 Å². The summed E-state index contributed by atoms with van der Waals surface area (Å²) in [6.45, 7) is 16.4. The van der Waals surface area contributed by atoms with Crippen molar-refractivity contribution >= 4 is 11.8 Å². The molecule has 0 bridgehead atoms. The first-order valence-electron chi connectivity index (χ1n) is 19.4. The first kappa shape index (κ1) is 39.9. The molecule has 53 heavy (non-hydrogen) atoms. The molecule has 1 aliphatic rings. The topological polar surface area (TPSA) is 104 Å². The lowest BCUT2D eigenvalue weighted by molar-refractivity contribution is -0.169. The summed E-state index contributed by atoms with van der Waals surface area (Å²) in [7, 11) is 0. The highest BCUT2D eigenvalue weighted by Crippen LogP contribution is 2.49. The predicted octanol–water partition coefficient (Wildman–Crippen LogP) is 8.80. The monoisotopic (exact) mass is 716 g/mol. The Balaban J connectivity index is 1.94. The Morgan fingerprint density at radius 3 is 1.08 bits per heavy atom. The van der Waals surface area contributed by atoms with Crippen LogP contribution in [0, 0.1) is 44.9 Å². The zero-order chi connectivity index (χ0) is 38.7. The number of benzene rings is 4. The quantitative estimate of drug-likeness (QED) is 0.114. The largest absolute Gasteiger partial charge is 0.378 e. The molecule has 2 amide bonds. The summed E-state index contributed by atoms with van der Waals surface area (Å²) in [6, 6.07) is 29.5. The molecule has 0 unspecified atom stereocenters. The number of amides is 2. The molecule has 0 aliphatic heterocycles. The van der Waals surface area contributed by atoms with Crippen LogP contribution in [0.2, 0.25) is 0 Å². The minimum Gasteiger partial charge on any atom is -0.378 e. The van der Waals surface area contributed by atoms with Gasteiger partial charge in [0.2, 0.25) is 11.8 Å². The number of carbonyl (C=O) groups is 2. The van der Waals surface area contributed by atoms with Gasteiger partial charge in [0.15, 0.2) is 0 Å². The maximum Gasteiger partial charge on any atom is 0.239 e. The third-order valence-electron chi connectivity index (χ3n) is 11.6. The molecule has 4 aromatic carbocycles. The molecule has 4 aromatic rings. The number of hydrogen-bond acceptors (Lipinski definition) is 4. The van der Waals surface area contributed by atoms with Crippen LogP contribution in [-0.2, 0) is 20.8 Å². The summed E-state index contributed by atoms with van der Waals surface area (Å²) in [6.07, 6.45) is 2.78. The van der Waals surface area contributed by atoms with E-state index in [1.807, 2.05) is 125 Å². The second kappa shape index (κ2) is 16.0. The third-order valence-corrected chi connectivity index (χ3v) is 11.6. The van der Waals surface area contributed by atoms with Crippen molar-refractivity contribution < 1.29 is 19.8 Å². The van der Waals surface area contributed by atoms with Crippen LogP contribution >= 0.6 is 0 Å². The molecule has 0 radical (unpaired) electrons. The normalized spacial score (nSPS) is 15.8. The van der Waals surface area contributed by atoms with Crippen LogP contribution < -0.4 is 5.73 Å². The highest BCUT2D eigenvalue weighted by molar-refractivity contribution is 6.05. The van der Waals surface area contributed by atoms with E-state index in [9.17, 15) is 15.0 Å². The first-order chi connectivity index (χ1) is 25.0. The minimum atomic E-state index is -1.74. The van der Waals surface area contributed by atoms with Crippen molar-refractivity contribution in [3.8, 4) is 0 Å². The van der Waals surface area contributed by atoms with Crippen molar-refractivity contribution in [3.05, 3.63) is 142 Å². The fraction of sp³-hybridized carbons (Fsp3) is 0.447. The third kappa shape index (κ3) is 7.86. The van der Waals surface area contributed by atoms with Crippen LogP contribution in [0.5, 0.6) is 0 Å². The van der Waals surface area contributed by atoms with Gasteiger partial charge in [0, 0.05) is 0 Å². The number of primary amides is 1. The average molecular weight is 717 g/mol. The molecular weight excluding hydrogens is 657 g/mol. The SMILES string of the molecule is Cc1ccc(C(O)(c2ccc(C)cc2)[C@@H](CC(C)C)N(C(=O)C2(C(N)=O)CCCC2)[C@H](CC(C)C)C(O)(c2ccc(C)cc2)c2ccc(C)cc2)cc1. The van der Waals surface area contributed by atoms with Gasteiger partial charge in [0.25, 0.3) is 0 Å². The molecule has 2 atom stereocenters. The van der Waals surface area contributed by atoms with E-state index in [1.54, 1.807) is 4.90 Å².